The third kappa shape index (κ3) is 4.31. The minimum absolute atomic E-state index is 0.00551. The van der Waals surface area contributed by atoms with Crippen LogP contribution in [0.5, 0.6) is 5.75 Å². The molecular weight excluding hydrogens is 331 g/mol. The van der Waals surface area contributed by atoms with Gasteiger partial charge in [0.25, 0.3) is 0 Å². The number of ether oxygens (including phenoxy) is 1. The lowest BCUT2D eigenvalue weighted by atomic mass is 9.86. The Hall–Kier alpha value is -1.35. The summed E-state index contributed by atoms with van der Waals surface area (Å²) in [6, 6.07) is 11.0. The Kier molecular flexibility index (Phi) is 4.72. The largest absolute Gasteiger partial charge is 0.489 e. The fraction of sp³-hybridized carbons (Fsp3) is 0.333. The maximum Gasteiger partial charge on any atom is 0.124 e. The second-order valence-electron chi connectivity index (χ2n) is 6.32. The third-order valence-electron chi connectivity index (χ3n) is 3.26. The third-order valence-corrected chi connectivity index (χ3v) is 3.72. The van der Waals surface area contributed by atoms with Gasteiger partial charge in [0.2, 0.25) is 0 Å². The number of halogens is 2. The molecule has 1 nitrogen and oxygen atoms in total. The van der Waals surface area contributed by atoms with Crippen molar-refractivity contribution in [3.05, 3.63) is 63.4 Å². The van der Waals surface area contributed by atoms with Crippen molar-refractivity contribution in [1.82, 2.24) is 0 Å². The zero-order chi connectivity index (χ0) is 15.6. The number of aryl methyl sites for hydroxylation is 1. The Bertz CT molecular complexity index is 624. The lowest BCUT2D eigenvalue weighted by molar-refractivity contribution is 0.296. The molecule has 0 atom stereocenters. The SMILES string of the molecule is Cc1ccc(C(C)(C)C)c(OCc2cc(F)cc(Br)c2)c1. The normalized spacial score (nSPS) is 11.5. The minimum Gasteiger partial charge on any atom is -0.489 e. The quantitative estimate of drug-likeness (QED) is 0.682. The molecule has 112 valence electrons. The summed E-state index contributed by atoms with van der Waals surface area (Å²) in [4.78, 5) is 0. The lowest BCUT2D eigenvalue weighted by Gasteiger charge is -2.23. The number of rotatable bonds is 3. The number of hydrogen-bond acceptors (Lipinski definition) is 1. The van der Waals surface area contributed by atoms with Gasteiger partial charge in [0, 0.05) is 4.47 Å². The van der Waals surface area contributed by atoms with Gasteiger partial charge in [-0.3, -0.25) is 0 Å². The summed E-state index contributed by atoms with van der Waals surface area (Å²) in [6.45, 7) is 8.86. The van der Waals surface area contributed by atoms with Gasteiger partial charge in [-0.15, -0.1) is 0 Å². The summed E-state index contributed by atoms with van der Waals surface area (Å²) in [5, 5.41) is 0. The number of hydrogen-bond donors (Lipinski definition) is 0. The van der Waals surface area contributed by atoms with E-state index in [2.05, 4.69) is 48.8 Å². The summed E-state index contributed by atoms with van der Waals surface area (Å²) in [5.74, 6) is 0.603. The van der Waals surface area contributed by atoms with Crippen LogP contribution in [0.4, 0.5) is 4.39 Å². The Balaban J connectivity index is 2.25. The molecular formula is C18H20BrFO. The zero-order valence-electron chi connectivity index (χ0n) is 12.8. The zero-order valence-corrected chi connectivity index (χ0v) is 14.4. The summed E-state index contributed by atoms with van der Waals surface area (Å²) < 4.78 is 20.1. The van der Waals surface area contributed by atoms with Crippen LogP contribution < -0.4 is 4.74 Å². The molecule has 2 rings (SSSR count). The molecule has 0 bridgehead atoms. The highest BCUT2D eigenvalue weighted by atomic mass is 79.9. The predicted molar refractivity (Wildman–Crippen MR) is 88.3 cm³/mol. The van der Waals surface area contributed by atoms with Crippen LogP contribution in [-0.4, -0.2) is 0 Å². The first-order chi connectivity index (χ1) is 9.75. The summed E-state index contributed by atoms with van der Waals surface area (Å²) in [5.41, 5.74) is 3.12. The maximum absolute atomic E-state index is 13.4. The van der Waals surface area contributed by atoms with E-state index in [1.165, 1.54) is 12.1 Å². The van der Waals surface area contributed by atoms with Crippen molar-refractivity contribution in [3.63, 3.8) is 0 Å². The average molecular weight is 351 g/mol. The summed E-state index contributed by atoms with van der Waals surface area (Å²) in [7, 11) is 0. The van der Waals surface area contributed by atoms with E-state index in [9.17, 15) is 4.39 Å². The van der Waals surface area contributed by atoms with E-state index >= 15 is 0 Å². The van der Waals surface area contributed by atoms with Gasteiger partial charge in [-0.2, -0.15) is 0 Å². The van der Waals surface area contributed by atoms with Crippen LogP contribution in [0, 0.1) is 12.7 Å². The van der Waals surface area contributed by atoms with Gasteiger partial charge in [-0.05, 0) is 53.3 Å². The molecule has 0 heterocycles. The highest BCUT2D eigenvalue weighted by Crippen LogP contribution is 2.32. The van der Waals surface area contributed by atoms with Crippen molar-refractivity contribution in [3.8, 4) is 5.75 Å². The van der Waals surface area contributed by atoms with Gasteiger partial charge >= 0.3 is 0 Å². The van der Waals surface area contributed by atoms with Crippen molar-refractivity contribution < 1.29 is 9.13 Å². The topological polar surface area (TPSA) is 9.23 Å². The molecule has 0 saturated carbocycles. The summed E-state index contributed by atoms with van der Waals surface area (Å²) in [6.07, 6.45) is 0. The molecule has 0 aliphatic rings. The molecule has 0 saturated heterocycles. The van der Waals surface area contributed by atoms with Gasteiger partial charge in [0.1, 0.15) is 18.2 Å². The first-order valence-electron chi connectivity index (χ1n) is 6.94. The monoisotopic (exact) mass is 350 g/mol. The molecule has 0 aromatic heterocycles. The fourth-order valence-corrected chi connectivity index (χ4v) is 2.74. The molecule has 0 fully saturated rings. The van der Waals surface area contributed by atoms with E-state index in [1.807, 2.05) is 19.1 Å². The van der Waals surface area contributed by atoms with Crippen LogP contribution in [-0.2, 0) is 12.0 Å². The van der Waals surface area contributed by atoms with E-state index in [-0.39, 0.29) is 11.2 Å². The first-order valence-corrected chi connectivity index (χ1v) is 7.74. The molecule has 0 amide bonds. The fourth-order valence-electron chi connectivity index (χ4n) is 2.22. The minimum atomic E-state index is -0.261. The second kappa shape index (κ2) is 6.18. The highest BCUT2D eigenvalue weighted by molar-refractivity contribution is 9.10. The molecule has 0 radical (unpaired) electrons. The first kappa shape index (κ1) is 16.0. The van der Waals surface area contributed by atoms with Crippen LogP contribution in [0.3, 0.4) is 0 Å². The standard InChI is InChI=1S/C18H20BrFO/c1-12-5-6-16(18(2,3)4)17(7-12)21-11-13-8-14(19)10-15(20)9-13/h5-10H,11H2,1-4H3. The Morgan fingerprint density at radius 1 is 1.10 bits per heavy atom. The number of benzene rings is 2. The van der Waals surface area contributed by atoms with E-state index in [4.69, 9.17) is 4.74 Å². The maximum atomic E-state index is 13.4. The molecule has 3 heteroatoms. The molecule has 0 spiro atoms. The van der Waals surface area contributed by atoms with E-state index in [0.29, 0.717) is 6.61 Å². The van der Waals surface area contributed by atoms with Crippen LogP contribution in [0.1, 0.15) is 37.5 Å². The van der Waals surface area contributed by atoms with Crippen LogP contribution >= 0.6 is 15.9 Å². The van der Waals surface area contributed by atoms with Gasteiger partial charge in [-0.1, -0.05) is 48.8 Å². The molecule has 2 aromatic carbocycles. The lowest BCUT2D eigenvalue weighted by Crippen LogP contribution is -2.13. The van der Waals surface area contributed by atoms with Gasteiger partial charge < -0.3 is 4.74 Å². The van der Waals surface area contributed by atoms with Gasteiger partial charge in [0.05, 0.1) is 0 Å². The van der Waals surface area contributed by atoms with Crippen LogP contribution in [0.2, 0.25) is 0 Å². The molecule has 21 heavy (non-hydrogen) atoms. The predicted octanol–water partition coefficient (Wildman–Crippen LogP) is 5.77. The molecule has 0 aliphatic heterocycles. The molecule has 2 aromatic rings. The second-order valence-corrected chi connectivity index (χ2v) is 7.23. The van der Waals surface area contributed by atoms with Gasteiger partial charge in [-0.25, -0.2) is 4.39 Å². The highest BCUT2D eigenvalue weighted by Gasteiger charge is 2.19. The average Bonchev–Trinajstić information content (AvgIpc) is 2.33. The Labute approximate surface area is 134 Å². The molecule has 0 aliphatic carbocycles. The van der Waals surface area contributed by atoms with Gasteiger partial charge in [0.15, 0.2) is 0 Å². The van der Waals surface area contributed by atoms with Crippen molar-refractivity contribution >= 4 is 15.9 Å². The summed E-state index contributed by atoms with van der Waals surface area (Å²) >= 11 is 3.30. The van der Waals surface area contributed by atoms with Crippen molar-refractivity contribution in [2.24, 2.45) is 0 Å². The molecule has 0 unspecified atom stereocenters. The smallest absolute Gasteiger partial charge is 0.124 e. The van der Waals surface area contributed by atoms with E-state index in [0.717, 1.165) is 26.9 Å². The molecule has 0 N–H and O–H groups in total. The van der Waals surface area contributed by atoms with Crippen LogP contribution in [0.25, 0.3) is 0 Å². The Morgan fingerprint density at radius 2 is 1.81 bits per heavy atom. The van der Waals surface area contributed by atoms with Crippen LogP contribution in [0.15, 0.2) is 40.9 Å². The van der Waals surface area contributed by atoms with E-state index in [1.54, 1.807) is 0 Å². The van der Waals surface area contributed by atoms with Crippen molar-refractivity contribution in [1.29, 1.82) is 0 Å². The van der Waals surface area contributed by atoms with Crippen molar-refractivity contribution in [2.75, 3.05) is 0 Å². The Morgan fingerprint density at radius 3 is 2.43 bits per heavy atom. The van der Waals surface area contributed by atoms with E-state index < -0.39 is 0 Å². The van der Waals surface area contributed by atoms with Crippen molar-refractivity contribution in [2.45, 2.75) is 39.7 Å².